The fraction of sp³-hybridized carbons (Fsp3) is 0.710. The first-order valence-electron chi connectivity index (χ1n) is 35.5. The van der Waals surface area contributed by atoms with E-state index in [4.69, 9.17) is 11.5 Å². The van der Waals surface area contributed by atoms with Crippen molar-refractivity contribution in [2.45, 2.75) is 269 Å². The van der Waals surface area contributed by atoms with Crippen LogP contribution in [0.2, 0.25) is 0 Å². The van der Waals surface area contributed by atoms with Crippen LogP contribution in [-0.2, 0) is 73.5 Å². The Kier molecular flexibility index (Phi) is 36.9. The molecule has 14 amide bonds. The number of nitrogens with zero attached hydrogens (tertiary/aromatic N) is 2. The van der Waals surface area contributed by atoms with Crippen LogP contribution in [0, 0.1) is 23.7 Å². The highest BCUT2D eigenvalue weighted by atomic mass is 16.3. The summed E-state index contributed by atoms with van der Waals surface area (Å²) >= 11 is 0. The van der Waals surface area contributed by atoms with Gasteiger partial charge in [0, 0.05) is 45.5 Å². The maximum Gasteiger partial charge on any atom is 0.248 e. The lowest BCUT2D eigenvalue weighted by atomic mass is 9.95. The van der Waals surface area contributed by atoms with Gasteiger partial charge in [-0.25, -0.2) is 0 Å². The Morgan fingerprint density at radius 2 is 1.08 bits per heavy atom. The maximum atomic E-state index is 14.8. The molecular formula is C69H114N14O19. The molecule has 1 aromatic rings. The molecule has 0 radical (unpaired) electrons. The van der Waals surface area contributed by atoms with Gasteiger partial charge in [0.2, 0.25) is 82.7 Å². The van der Waals surface area contributed by atoms with Crippen molar-refractivity contribution in [1.82, 2.24) is 63.0 Å². The minimum atomic E-state index is -2.55. The van der Waals surface area contributed by atoms with E-state index in [0.29, 0.717) is 18.4 Å². The summed E-state index contributed by atoms with van der Waals surface area (Å²) in [7, 11) is 1.14. The summed E-state index contributed by atoms with van der Waals surface area (Å²) in [6.45, 7) is 16.2. The Balaban J connectivity index is 2.34. The molecule has 3 rings (SSSR count). The van der Waals surface area contributed by atoms with E-state index >= 15 is 0 Å². The average molecular weight is 1440 g/mol. The summed E-state index contributed by atoms with van der Waals surface area (Å²) in [5.74, 6) is -17.7. The SMILES string of the molecule is CCCCCCC[C@@H]1CC(=O)N[C@@H](C(C)C)C(=O)NC([C@@H](O)C(C)C)C(=O)N[C@@H](CCO)C(=O)N[C@H](CC(C)C)C(=O)N[C@@H](CCC(N)=O)C(=O)N(C)[C@@H]([C@@H](C)CC)C(=O)N[C@H]([C@H](O)C(N)=O)C(=O)N[C@@H]([C@@H](C)O)C(=O)N2CCC[C@H]2C(=O)N[C@H](Cc2ccccc2)C(=O)N[C@@H]([C@@H](C)O)C(=O)N1. The topological polar surface area (TPSA) is 519 Å². The maximum absolute atomic E-state index is 14.8. The van der Waals surface area contributed by atoms with Gasteiger partial charge in [0.15, 0.2) is 6.10 Å². The number of likely N-dealkylation sites (N-methyl/N-ethyl adjacent to an activating group) is 1. The molecule has 2 aliphatic heterocycles. The second-order valence-electron chi connectivity index (χ2n) is 28.0. The van der Waals surface area contributed by atoms with E-state index in [-0.39, 0.29) is 51.0 Å². The van der Waals surface area contributed by atoms with Gasteiger partial charge >= 0.3 is 0 Å². The van der Waals surface area contributed by atoms with Gasteiger partial charge in [-0.2, -0.15) is 0 Å². The van der Waals surface area contributed by atoms with Gasteiger partial charge in [0.05, 0.1) is 18.3 Å². The number of primary amides is 2. The third-order valence-corrected chi connectivity index (χ3v) is 18.3. The van der Waals surface area contributed by atoms with E-state index in [1.165, 1.54) is 27.7 Å². The highest BCUT2D eigenvalue weighted by Crippen LogP contribution is 2.23. The molecule has 0 aromatic heterocycles. The number of hydrogen-bond donors (Lipinski definition) is 17. The number of nitrogens with one attached hydrogen (secondary N) is 10. The molecule has 2 aliphatic rings. The first-order chi connectivity index (χ1) is 47.9. The standard InChI is InChI=1S/C69H114N14O19/c1-13-15-16-17-21-25-42-34-49(88)77-50(36(5)6)63(96)80-53(56(89)37(7)8)65(98)73-43(29-31-84)59(92)75-45(32-35(3)4)60(93)74-44(27-28-48(70)87)68(101)82(12)55(38(9)14-2)67(100)81-54(57(90)58(71)91)66(99)79-52(40(11)86)69(102)83-30-22-26-47(83)62(95)76-46(33-41-23-19-18-20-24-41)61(94)78-51(39(10)85)64(97)72-42/h18-20,23-24,35-40,42-47,50-57,84-86,89-90H,13-17,21-22,25-34H2,1-12H3,(H2,70,87)(H2,71,91)(H,72,97)(H,73,98)(H,74,93)(H,75,92)(H,76,95)(H,77,88)(H,78,94)(H,79,99)(H,80,96)(H,81,100)/t38-,39+,40+,42+,43-,44-,45+,46+,47-,50-,51-,52-,53?,54+,55-,56-,57-/m0/s1. The van der Waals surface area contributed by atoms with Crippen molar-refractivity contribution in [3.8, 4) is 0 Å². The number of fused-ring (bicyclic) bond motifs is 1. The fourth-order valence-electron chi connectivity index (χ4n) is 12.1. The molecule has 2 heterocycles. The van der Waals surface area contributed by atoms with Crippen molar-refractivity contribution in [3.63, 3.8) is 0 Å². The number of aliphatic hydroxyl groups excluding tert-OH is 5. The predicted octanol–water partition coefficient (Wildman–Crippen LogP) is -3.32. The second-order valence-corrected chi connectivity index (χ2v) is 28.0. The molecule has 33 nitrogen and oxygen atoms in total. The van der Waals surface area contributed by atoms with E-state index in [2.05, 4.69) is 53.2 Å². The van der Waals surface area contributed by atoms with E-state index in [9.17, 15) is 92.7 Å². The van der Waals surface area contributed by atoms with Gasteiger partial charge in [-0.15, -0.1) is 0 Å². The third-order valence-electron chi connectivity index (χ3n) is 18.3. The molecule has 2 fully saturated rings. The summed E-state index contributed by atoms with van der Waals surface area (Å²) in [5, 5.41) is 80.7. The van der Waals surface area contributed by atoms with Crippen LogP contribution in [0.3, 0.4) is 0 Å². The molecule has 1 unspecified atom stereocenters. The molecule has 0 bridgehead atoms. The Morgan fingerprint density at radius 1 is 0.549 bits per heavy atom. The molecule has 1 aromatic carbocycles. The monoisotopic (exact) mass is 1440 g/mol. The Morgan fingerprint density at radius 3 is 1.64 bits per heavy atom. The first kappa shape index (κ1) is 87.8. The number of rotatable bonds is 24. The number of unbranched alkanes of at least 4 members (excludes halogenated alkanes) is 4. The van der Waals surface area contributed by atoms with Gasteiger partial charge in [-0.05, 0) is 81.6 Å². The summed E-state index contributed by atoms with van der Waals surface area (Å²) < 4.78 is 0. The van der Waals surface area contributed by atoms with Crippen molar-refractivity contribution in [2.75, 3.05) is 20.2 Å². The van der Waals surface area contributed by atoms with Crippen molar-refractivity contribution < 1.29 is 92.7 Å². The fourth-order valence-corrected chi connectivity index (χ4v) is 12.1. The third kappa shape index (κ3) is 27.1. The molecule has 33 heteroatoms. The predicted molar refractivity (Wildman–Crippen MR) is 372 cm³/mol. The molecule has 19 N–H and O–H groups in total. The second kappa shape index (κ2) is 42.9. The summed E-state index contributed by atoms with van der Waals surface area (Å²) in [4.78, 5) is 201. The summed E-state index contributed by atoms with van der Waals surface area (Å²) in [5.41, 5.74) is 11.6. The molecule has 0 spiro atoms. The summed E-state index contributed by atoms with van der Waals surface area (Å²) in [6.07, 6.45) is -5.70. The van der Waals surface area contributed by atoms with Crippen LogP contribution in [0.25, 0.3) is 0 Å². The van der Waals surface area contributed by atoms with Gasteiger partial charge < -0.3 is 100.0 Å². The minimum Gasteiger partial charge on any atom is -0.396 e. The number of hydrogen-bond acceptors (Lipinski definition) is 19. The van der Waals surface area contributed by atoms with Gasteiger partial charge in [0.25, 0.3) is 0 Å². The smallest absolute Gasteiger partial charge is 0.248 e. The molecule has 102 heavy (non-hydrogen) atoms. The average Bonchev–Trinajstić information content (AvgIpc) is 1.36. The molecule has 574 valence electrons. The van der Waals surface area contributed by atoms with Crippen LogP contribution in [0.4, 0.5) is 0 Å². The van der Waals surface area contributed by atoms with E-state index in [1.807, 2.05) is 6.92 Å². The van der Waals surface area contributed by atoms with Crippen molar-refractivity contribution in [3.05, 3.63) is 35.9 Å². The van der Waals surface area contributed by atoms with E-state index in [1.54, 1.807) is 65.0 Å². The van der Waals surface area contributed by atoms with Crippen LogP contribution in [0.15, 0.2) is 30.3 Å². The molecule has 17 atom stereocenters. The number of amides is 14. The van der Waals surface area contributed by atoms with Crippen LogP contribution in [0.1, 0.15) is 172 Å². The lowest BCUT2D eigenvalue weighted by Gasteiger charge is -2.36. The normalized spacial score (nSPS) is 26.9. The van der Waals surface area contributed by atoms with Crippen molar-refractivity contribution >= 4 is 82.7 Å². The first-order valence-corrected chi connectivity index (χ1v) is 35.5. The Bertz CT molecular complexity index is 3010. The zero-order valence-electron chi connectivity index (χ0n) is 61.0. The summed E-state index contributed by atoms with van der Waals surface area (Å²) in [6, 6.07) is -11.5. The lowest BCUT2D eigenvalue weighted by molar-refractivity contribution is -0.148. The molecule has 0 saturated carbocycles. The minimum absolute atomic E-state index is 0.0261. The zero-order valence-corrected chi connectivity index (χ0v) is 61.0. The Labute approximate surface area is 596 Å². The molecule has 0 aliphatic carbocycles. The van der Waals surface area contributed by atoms with Crippen LogP contribution in [0.5, 0.6) is 0 Å². The number of aliphatic hydroxyl groups is 5. The lowest BCUT2D eigenvalue weighted by Crippen LogP contribution is -2.65. The number of nitrogens with two attached hydrogens (primary N) is 2. The molecular weight excluding hydrogens is 1330 g/mol. The van der Waals surface area contributed by atoms with Gasteiger partial charge in [-0.3, -0.25) is 67.1 Å². The van der Waals surface area contributed by atoms with Crippen molar-refractivity contribution in [2.24, 2.45) is 35.1 Å². The van der Waals surface area contributed by atoms with Crippen LogP contribution < -0.4 is 64.6 Å². The van der Waals surface area contributed by atoms with Crippen LogP contribution >= 0.6 is 0 Å². The number of carbonyl (C=O) groups is 14. The van der Waals surface area contributed by atoms with E-state index < -0.39 is 230 Å². The highest BCUT2D eigenvalue weighted by Gasteiger charge is 2.46. The largest absolute Gasteiger partial charge is 0.396 e. The quantitative estimate of drug-likeness (QED) is 0.0450. The van der Waals surface area contributed by atoms with E-state index in [0.717, 1.165) is 43.0 Å². The van der Waals surface area contributed by atoms with Gasteiger partial charge in [0.1, 0.15) is 66.5 Å². The van der Waals surface area contributed by atoms with Crippen LogP contribution in [-0.4, -0.2) is 235 Å². The zero-order chi connectivity index (χ0) is 77.0. The number of benzene rings is 1. The molecule has 2 saturated heterocycles. The number of carbonyl (C=O) groups excluding carboxylic acids is 14. The Hall–Kier alpha value is -8.40. The van der Waals surface area contributed by atoms with Gasteiger partial charge in [-0.1, -0.05) is 131 Å². The highest BCUT2D eigenvalue weighted by molar-refractivity contribution is 6.01. The van der Waals surface area contributed by atoms with Crippen molar-refractivity contribution in [1.29, 1.82) is 0 Å².